The number of nitrogen functional groups attached to an aromatic ring is 1. The molecular formula is C10H4F10INOS. The predicted molar refractivity (Wildman–Crippen MR) is 70.9 cm³/mol. The summed E-state index contributed by atoms with van der Waals surface area (Å²) in [5.74, 6) is 0. The molecule has 14 heteroatoms. The van der Waals surface area contributed by atoms with Crippen molar-refractivity contribution in [3.05, 3.63) is 21.3 Å². The van der Waals surface area contributed by atoms with Crippen LogP contribution in [0.5, 0.6) is 0 Å². The minimum absolute atomic E-state index is 0.211. The molecular weight excluding hydrogens is 499 g/mol. The lowest BCUT2D eigenvalue weighted by molar-refractivity contribution is -0.349. The molecule has 138 valence electrons. The van der Waals surface area contributed by atoms with Crippen LogP contribution in [0.3, 0.4) is 0 Å². The van der Waals surface area contributed by atoms with Gasteiger partial charge in [-0.05, 0) is 34.7 Å². The SMILES string of the molecule is Nc1ccc(C(F)(C(F)(F)F)C(F)(F)F)c([S+]([O-])C(F)(F)F)c1I. The van der Waals surface area contributed by atoms with Gasteiger partial charge in [-0.1, -0.05) is 0 Å². The Labute approximate surface area is 143 Å². The molecule has 24 heavy (non-hydrogen) atoms. The Morgan fingerprint density at radius 2 is 1.29 bits per heavy atom. The fraction of sp³-hybridized carbons (Fsp3) is 0.400. The molecule has 1 atom stereocenters. The summed E-state index contributed by atoms with van der Waals surface area (Å²) in [6.07, 6.45) is -13.3. The fourth-order valence-electron chi connectivity index (χ4n) is 1.61. The summed E-state index contributed by atoms with van der Waals surface area (Å²) in [4.78, 5) is -2.03. The Morgan fingerprint density at radius 3 is 1.62 bits per heavy atom. The average Bonchev–Trinajstić information content (AvgIpc) is 2.36. The summed E-state index contributed by atoms with van der Waals surface area (Å²) in [6.45, 7) is 0. The van der Waals surface area contributed by atoms with Crippen LogP contribution in [0.2, 0.25) is 0 Å². The number of benzene rings is 1. The molecule has 0 saturated carbocycles. The van der Waals surface area contributed by atoms with Crippen molar-refractivity contribution < 1.29 is 48.5 Å². The summed E-state index contributed by atoms with van der Waals surface area (Å²) in [5.41, 5.74) is -9.93. The van der Waals surface area contributed by atoms with Crippen molar-refractivity contribution in [1.29, 1.82) is 0 Å². The minimum atomic E-state index is -6.66. The van der Waals surface area contributed by atoms with Gasteiger partial charge in [0.25, 0.3) is 0 Å². The molecule has 0 saturated heterocycles. The van der Waals surface area contributed by atoms with Crippen molar-refractivity contribution in [2.24, 2.45) is 0 Å². The molecule has 0 aliphatic rings. The van der Waals surface area contributed by atoms with Crippen molar-refractivity contribution in [1.82, 2.24) is 0 Å². The van der Waals surface area contributed by atoms with Crippen molar-refractivity contribution >= 4 is 39.5 Å². The van der Waals surface area contributed by atoms with Crippen LogP contribution in [0.15, 0.2) is 17.0 Å². The van der Waals surface area contributed by atoms with Crippen molar-refractivity contribution in [3.8, 4) is 0 Å². The predicted octanol–water partition coefficient (Wildman–Crippen LogP) is 4.79. The van der Waals surface area contributed by atoms with Crippen molar-refractivity contribution in [3.63, 3.8) is 0 Å². The molecule has 0 heterocycles. The molecule has 0 aliphatic heterocycles. The van der Waals surface area contributed by atoms with Gasteiger partial charge in [-0.25, -0.2) is 4.39 Å². The van der Waals surface area contributed by atoms with Gasteiger partial charge >= 0.3 is 23.5 Å². The first-order chi connectivity index (χ1) is 10.5. The van der Waals surface area contributed by atoms with Gasteiger partial charge in [0.2, 0.25) is 0 Å². The highest BCUT2D eigenvalue weighted by molar-refractivity contribution is 14.1. The largest absolute Gasteiger partial charge is 0.604 e. The van der Waals surface area contributed by atoms with Crippen LogP contribution < -0.4 is 5.73 Å². The van der Waals surface area contributed by atoms with E-state index >= 15 is 0 Å². The van der Waals surface area contributed by atoms with Crippen LogP contribution in [0.25, 0.3) is 0 Å². The first kappa shape index (κ1) is 21.4. The fourth-order valence-corrected chi connectivity index (χ4v) is 3.60. The molecule has 0 aromatic heterocycles. The van der Waals surface area contributed by atoms with Crippen LogP contribution in [-0.4, -0.2) is 22.4 Å². The molecule has 1 rings (SSSR count). The standard InChI is InChI=1S/C10H4F10INOS/c11-7(8(12,13)14,9(15,16)17)3-1-2-4(22)5(21)6(3)24(23)10(18,19)20/h1-2H,22H2. The molecule has 0 spiro atoms. The Hall–Kier alpha value is -0.640. The van der Waals surface area contributed by atoms with Gasteiger partial charge in [0.1, 0.15) is 11.2 Å². The third-order valence-electron chi connectivity index (χ3n) is 2.67. The first-order valence-electron chi connectivity index (χ1n) is 5.35. The lowest BCUT2D eigenvalue weighted by atomic mass is 9.94. The van der Waals surface area contributed by atoms with Crippen molar-refractivity contribution in [2.75, 3.05) is 5.73 Å². The van der Waals surface area contributed by atoms with Gasteiger partial charge in [0.15, 0.2) is 4.90 Å². The molecule has 0 amide bonds. The molecule has 0 bridgehead atoms. The topological polar surface area (TPSA) is 49.1 Å². The van der Waals surface area contributed by atoms with Gasteiger partial charge in [-0.2, -0.15) is 26.3 Å². The Kier molecular flexibility index (Phi) is 5.59. The average molecular weight is 503 g/mol. The third kappa shape index (κ3) is 3.49. The van der Waals surface area contributed by atoms with E-state index in [2.05, 4.69) is 0 Å². The monoisotopic (exact) mass is 503 g/mol. The molecule has 2 nitrogen and oxygen atoms in total. The minimum Gasteiger partial charge on any atom is -0.604 e. The number of halogens is 11. The molecule has 0 radical (unpaired) electrons. The highest BCUT2D eigenvalue weighted by Gasteiger charge is 2.75. The van der Waals surface area contributed by atoms with Gasteiger partial charge in [0.05, 0.1) is 14.8 Å². The molecule has 1 aromatic carbocycles. The van der Waals surface area contributed by atoms with Gasteiger partial charge in [-0.15, -0.1) is 13.2 Å². The lowest BCUT2D eigenvalue weighted by Gasteiger charge is -2.32. The highest BCUT2D eigenvalue weighted by Crippen LogP contribution is 2.56. The van der Waals surface area contributed by atoms with Gasteiger partial charge in [0, 0.05) is 0 Å². The Morgan fingerprint density at radius 1 is 0.875 bits per heavy atom. The van der Waals surface area contributed by atoms with Crippen LogP contribution in [0.1, 0.15) is 5.56 Å². The number of alkyl halides is 10. The zero-order valence-electron chi connectivity index (χ0n) is 10.7. The van der Waals surface area contributed by atoms with E-state index in [-0.39, 0.29) is 6.07 Å². The smallest absolute Gasteiger partial charge is 0.578 e. The molecule has 1 unspecified atom stereocenters. The summed E-state index contributed by atoms with van der Waals surface area (Å²) < 4.78 is 139. The molecule has 1 aromatic rings. The van der Waals surface area contributed by atoms with E-state index < -0.39 is 54.4 Å². The number of hydrogen-bond acceptors (Lipinski definition) is 2. The maximum absolute atomic E-state index is 14.1. The lowest BCUT2D eigenvalue weighted by Crippen LogP contribution is -2.51. The van der Waals surface area contributed by atoms with E-state index in [0.29, 0.717) is 6.07 Å². The number of hydrogen-bond donors (Lipinski definition) is 1. The van der Waals surface area contributed by atoms with Gasteiger partial charge < -0.3 is 10.3 Å². The summed E-state index contributed by atoms with van der Waals surface area (Å²) >= 11 is -3.52. The summed E-state index contributed by atoms with van der Waals surface area (Å²) in [6, 6.07) is 0.150. The zero-order chi connectivity index (χ0) is 19.3. The molecule has 2 N–H and O–H groups in total. The number of nitrogens with two attached hydrogens (primary N) is 1. The molecule has 0 aliphatic carbocycles. The van der Waals surface area contributed by atoms with Crippen LogP contribution in [0.4, 0.5) is 49.6 Å². The normalized spacial score (nSPS) is 15.5. The van der Waals surface area contributed by atoms with E-state index in [0.717, 1.165) is 22.6 Å². The summed E-state index contributed by atoms with van der Waals surface area (Å²) in [7, 11) is 0. The summed E-state index contributed by atoms with van der Waals surface area (Å²) in [5, 5.41) is 0. The second kappa shape index (κ2) is 6.26. The Balaban J connectivity index is 3.92. The molecule has 0 fully saturated rings. The maximum Gasteiger partial charge on any atom is 0.578 e. The second-order valence-electron chi connectivity index (χ2n) is 4.21. The van der Waals surface area contributed by atoms with E-state index in [4.69, 9.17) is 5.73 Å². The van der Waals surface area contributed by atoms with Crippen LogP contribution in [0, 0.1) is 3.57 Å². The van der Waals surface area contributed by atoms with Crippen LogP contribution in [-0.2, 0) is 16.8 Å². The highest BCUT2D eigenvalue weighted by atomic mass is 127. The van der Waals surface area contributed by atoms with E-state index in [1.165, 1.54) is 0 Å². The van der Waals surface area contributed by atoms with Crippen molar-refractivity contribution in [2.45, 2.75) is 28.4 Å². The van der Waals surface area contributed by atoms with Gasteiger partial charge in [-0.3, -0.25) is 0 Å². The van der Waals surface area contributed by atoms with E-state index in [9.17, 15) is 48.5 Å². The van der Waals surface area contributed by atoms with E-state index in [1.54, 1.807) is 0 Å². The number of rotatable bonds is 2. The third-order valence-corrected chi connectivity index (χ3v) is 5.42. The quantitative estimate of drug-likeness (QED) is 0.273. The first-order valence-corrected chi connectivity index (χ1v) is 7.58. The van der Waals surface area contributed by atoms with E-state index in [1.807, 2.05) is 0 Å². The number of anilines is 1. The van der Waals surface area contributed by atoms with Crippen LogP contribution >= 0.6 is 22.6 Å². The zero-order valence-corrected chi connectivity index (χ0v) is 13.7. The second-order valence-corrected chi connectivity index (χ2v) is 6.70. The maximum atomic E-state index is 14.1. The Bertz CT molecular complexity index is 612.